The molecular weight excluding hydrogens is 316 g/mol. The molecule has 6 heteroatoms. The van der Waals surface area contributed by atoms with Crippen LogP contribution in [0.5, 0.6) is 0 Å². The number of imidazole rings is 1. The van der Waals surface area contributed by atoms with Crippen molar-refractivity contribution < 1.29 is 9.53 Å². The van der Waals surface area contributed by atoms with E-state index < -0.39 is 0 Å². The van der Waals surface area contributed by atoms with Crippen molar-refractivity contribution in [1.29, 1.82) is 0 Å². The summed E-state index contributed by atoms with van der Waals surface area (Å²) in [5.41, 5.74) is 0.754. The van der Waals surface area contributed by atoms with Gasteiger partial charge in [0.15, 0.2) is 0 Å². The molecule has 1 amide bonds. The molecule has 0 radical (unpaired) electrons. The number of ether oxygens (including phenoxy) is 1. The molecule has 1 aromatic heterocycles. The molecule has 2 atom stereocenters. The number of benzene rings is 1. The molecule has 1 aromatic carbocycles. The van der Waals surface area contributed by atoms with Crippen molar-refractivity contribution in [2.24, 2.45) is 13.0 Å². The third-order valence-corrected chi connectivity index (χ3v) is 5.20. The van der Waals surface area contributed by atoms with Crippen LogP contribution in [0.2, 0.25) is 0 Å². The number of amides is 1. The highest BCUT2D eigenvalue weighted by Crippen LogP contribution is 2.25. The summed E-state index contributed by atoms with van der Waals surface area (Å²) in [5, 5.41) is 0. The molecule has 2 fully saturated rings. The number of aryl methyl sites for hydroxylation is 1. The van der Waals surface area contributed by atoms with E-state index in [-0.39, 0.29) is 12.0 Å². The van der Waals surface area contributed by atoms with Crippen LogP contribution < -0.4 is 0 Å². The van der Waals surface area contributed by atoms with E-state index in [2.05, 4.69) is 14.5 Å². The average Bonchev–Trinajstić information content (AvgIpc) is 3.15. The van der Waals surface area contributed by atoms with Crippen LogP contribution in [0.15, 0.2) is 42.7 Å². The fraction of sp³-hybridized carbons (Fsp3) is 0.474. The summed E-state index contributed by atoms with van der Waals surface area (Å²) < 4.78 is 8.12. The molecule has 0 bridgehead atoms. The number of carbonyl (C=O) groups excluding carboxylic acids is 1. The van der Waals surface area contributed by atoms with Gasteiger partial charge in [0.25, 0.3) is 5.91 Å². The highest BCUT2D eigenvalue weighted by atomic mass is 16.5. The Balaban J connectivity index is 1.42. The largest absolute Gasteiger partial charge is 0.375 e. The maximum atomic E-state index is 12.8. The minimum absolute atomic E-state index is 0.104. The van der Waals surface area contributed by atoms with Gasteiger partial charge in [-0.1, -0.05) is 18.2 Å². The molecule has 6 nitrogen and oxygen atoms in total. The van der Waals surface area contributed by atoms with Crippen molar-refractivity contribution >= 4 is 5.91 Å². The molecule has 25 heavy (non-hydrogen) atoms. The van der Waals surface area contributed by atoms with Crippen LogP contribution >= 0.6 is 0 Å². The third-order valence-electron chi connectivity index (χ3n) is 5.20. The predicted molar refractivity (Wildman–Crippen MR) is 94.1 cm³/mol. The summed E-state index contributed by atoms with van der Waals surface area (Å²) in [6.45, 7) is 4.71. The standard InChI is InChI=1S/C19H24N4O2/c1-21-8-7-20-18(21)14-22-11-16-12-23(9-10-25-17(16)13-22)19(24)15-5-3-2-4-6-15/h2-8,16-17H,9-14H2,1H3/t16-,17-/m0/s1. The molecule has 132 valence electrons. The van der Waals surface area contributed by atoms with Crippen molar-refractivity contribution in [1.82, 2.24) is 19.4 Å². The number of aromatic nitrogens is 2. The van der Waals surface area contributed by atoms with Crippen LogP contribution in [0, 0.1) is 5.92 Å². The monoisotopic (exact) mass is 340 g/mol. The lowest BCUT2D eigenvalue weighted by Gasteiger charge is -2.23. The molecule has 2 aromatic rings. The Hall–Kier alpha value is -2.18. The SMILES string of the molecule is Cn1ccnc1CN1C[C@H]2CN(C(=O)c3ccccc3)CCO[C@H]2C1. The van der Waals surface area contributed by atoms with Crippen LogP contribution in [-0.2, 0) is 18.3 Å². The molecule has 0 saturated carbocycles. The van der Waals surface area contributed by atoms with E-state index in [1.54, 1.807) is 0 Å². The zero-order valence-corrected chi connectivity index (χ0v) is 14.5. The Morgan fingerprint density at radius 1 is 1.24 bits per heavy atom. The average molecular weight is 340 g/mol. The second-order valence-corrected chi connectivity index (χ2v) is 6.93. The lowest BCUT2D eigenvalue weighted by Crippen LogP contribution is -2.37. The Labute approximate surface area is 148 Å². The molecule has 3 heterocycles. The van der Waals surface area contributed by atoms with E-state index >= 15 is 0 Å². The van der Waals surface area contributed by atoms with E-state index in [4.69, 9.17) is 4.74 Å². The van der Waals surface area contributed by atoms with Gasteiger partial charge in [0, 0.05) is 57.1 Å². The lowest BCUT2D eigenvalue weighted by molar-refractivity contribution is 0.0499. The number of nitrogens with zero attached hydrogens (tertiary/aromatic N) is 4. The molecule has 2 aliphatic heterocycles. The minimum Gasteiger partial charge on any atom is -0.375 e. The molecule has 0 N–H and O–H groups in total. The maximum Gasteiger partial charge on any atom is 0.253 e. The van der Waals surface area contributed by atoms with E-state index in [0.29, 0.717) is 19.1 Å². The topological polar surface area (TPSA) is 50.6 Å². The highest BCUT2D eigenvalue weighted by Gasteiger charge is 2.37. The van der Waals surface area contributed by atoms with Gasteiger partial charge in [0.1, 0.15) is 5.82 Å². The Kier molecular flexibility index (Phi) is 4.55. The number of hydrogen-bond acceptors (Lipinski definition) is 4. The zero-order chi connectivity index (χ0) is 17.2. The van der Waals surface area contributed by atoms with E-state index in [9.17, 15) is 4.79 Å². The van der Waals surface area contributed by atoms with Gasteiger partial charge in [-0.05, 0) is 12.1 Å². The third kappa shape index (κ3) is 3.45. The Morgan fingerprint density at radius 2 is 2.08 bits per heavy atom. The van der Waals surface area contributed by atoms with Gasteiger partial charge in [-0.15, -0.1) is 0 Å². The predicted octanol–water partition coefficient (Wildman–Crippen LogP) is 1.39. The van der Waals surface area contributed by atoms with Gasteiger partial charge < -0.3 is 14.2 Å². The van der Waals surface area contributed by atoms with E-state index in [0.717, 1.165) is 37.6 Å². The van der Waals surface area contributed by atoms with Crippen LogP contribution in [0.25, 0.3) is 0 Å². The van der Waals surface area contributed by atoms with Crippen molar-refractivity contribution in [2.45, 2.75) is 12.6 Å². The Morgan fingerprint density at radius 3 is 2.84 bits per heavy atom. The van der Waals surface area contributed by atoms with Gasteiger partial charge in [-0.25, -0.2) is 4.98 Å². The number of hydrogen-bond donors (Lipinski definition) is 0. The van der Waals surface area contributed by atoms with Crippen LogP contribution in [0.1, 0.15) is 16.2 Å². The van der Waals surface area contributed by atoms with Gasteiger partial charge >= 0.3 is 0 Å². The summed E-state index contributed by atoms with van der Waals surface area (Å²) in [5.74, 6) is 1.52. The summed E-state index contributed by atoms with van der Waals surface area (Å²) in [7, 11) is 2.02. The van der Waals surface area contributed by atoms with Gasteiger partial charge in [-0.3, -0.25) is 9.69 Å². The van der Waals surface area contributed by atoms with Gasteiger partial charge in [0.2, 0.25) is 0 Å². The van der Waals surface area contributed by atoms with E-state index in [1.807, 2.05) is 54.7 Å². The van der Waals surface area contributed by atoms with Crippen LogP contribution in [0.3, 0.4) is 0 Å². The number of rotatable bonds is 3. The minimum atomic E-state index is 0.104. The fourth-order valence-corrected chi connectivity index (χ4v) is 3.81. The van der Waals surface area contributed by atoms with E-state index in [1.165, 1.54) is 0 Å². The summed E-state index contributed by atoms with van der Waals surface area (Å²) >= 11 is 0. The van der Waals surface area contributed by atoms with Gasteiger partial charge in [-0.2, -0.15) is 0 Å². The number of likely N-dealkylation sites (tertiary alicyclic amines) is 1. The second-order valence-electron chi connectivity index (χ2n) is 6.93. The summed E-state index contributed by atoms with van der Waals surface area (Å²) in [6.07, 6.45) is 4.01. The first-order valence-electron chi connectivity index (χ1n) is 8.85. The molecule has 0 aliphatic carbocycles. The molecular formula is C19H24N4O2. The quantitative estimate of drug-likeness (QED) is 0.847. The molecule has 2 saturated heterocycles. The number of fused-ring (bicyclic) bond motifs is 1. The normalized spacial score (nSPS) is 24.1. The molecule has 0 unspecified atom stereocenters. The van der Waals surface area contributed by atoms with Crippen molar-refractivity contribution in [3.8, 4) is 0 Å². The molecule has 2 aliphatic rings. The fourth-order valence-electron chi connectivity index (χ4n) is 3.81. The highest BCUT2D eigenvalue weighted by molar-refractivity contribution is 5.94. The number of carbonyl (C=O) groups is 1. The first-order chi connectivity index (χ1) is 12.2. The smallest absolute Gasteiger partial charge is 0.253 e. The first-order valence-corrected chi connectivity index (χ1v) is 8.85. The van der Waals surface area contributed by atoms with Crippen molar-refractivity contribution in [3.63, 3.8) is 0 Å². The van der Waals surface area contributed by atoms with Crippen molar-refractivity contribution in [3.05, 3.63) is 54.1 Å². The molecule has 4 rings (SSSR count). The summed E-state index contributed by atoms with van der Waals surface area (Å²) in [4.78, 5) is 21.5. The maximum absolute atomic E-state index is 12.8. The van der Waals surface area contributed by atoms with Crippen LogP contribution in [-0.4, -0.2) is 64.1 Å². The Bertz CT molecular complexity index is 730. The van der Waals surface area contributed by atoms with Crippen LogP contribution in [0.4, 0.5) is 0 Å². The lowest BCUT2D eigenvalue weighted by atomic mass is 10.1. The zero-order valence-electron chi connectivity index (χ0n) is 14.5. The molecule has 0 spiro atoms. The summed E-state index contributed by atoms with van der Waals surface area (Å²) in [6, 6.07) is 9.52. The first kappa shape index (κ1) is 16.3. The van der Waals surface area contributed by atoms with Crippen molar-refractivity contribution in [2.75, 3.05) is 32.8 Å². The van der Waals surface area contributed by atoms with Gasteiger partial charge in [0.05, 0.1) is 19.3 Å². The second kappa shape index (κ2) is 6.98.